The number of rotatable bonds is 5. The highest BCUT2D eigenvalue weighted by Crippen LogP contribution is 2.39. The van der Waals surface area contributed by atoms with Crippen LogP contribution >= 0.6 is 0 Å². The predicted molar refractivity (Wildman–Crippen MR) is 98.8 cm³/mol. The van der Waals surface area contributed by atoms with Crippen LogP contribution < -0.4 is 10.1 Å². The maximum Gasteiger partial charge on any atom is 0.224 e. The summed E-state index contributed by atoms with van der Waals surface area (Å²) < 4.78 is 5.38. The monoisotopic (exact) mass is 342 g/mol. The second-order valence-electron chi connectivity index (χ2n) is 8.21. The van der Waals surface area contributed by atoms with Crippen LogP contribution in [0.2, 0.25) is 0 Å². The van der Waals surface area contributed by atoms with E-state index in [0.29, 0.717) is 24.3 Å². The molecule has 0 spiro atoms. The smallest absolute Gasteiger partial charge is 0.224 e. The first-order valence-corrected chi connectivity index (χ1v) is 9.81. The molecule has 2 atom stereocenters. The first-order valence-electron chi connectivity index (χ1n) is 9.81. The summed E-state index contributed by atoms with van der Waals surface area (Å²) in [4.78, 5) is 15.4. The molecule has 3 fully saturated rings. The number of methoxy groups -OCH3 is 1. The lowest BCUT2D eigenvalue weighted by Gasteiger charge is -2.47. The van der Waals surface area contributed by atoms with E-state index in [1.54, 1.807) is 7.11 Å². The fraction of sp³-hybridized carbons (Fsp3) is 0.667. The Morgan fingerprint density at radius 2 is 1.92 bits per heavy atom. The summed E-state index contributed by atoms with van der Waals surface area (Å²) >= 11 is 0. The van der Waals surface area contributed by atoms with Crippen molar-refractivity contribution in [1.82, 2.24) is 10.2 Å². The zero-order valence-corrected chi connectivity index (χ0v) is 15.5. The summed E-state index contributed by atoms with van der Waals surface area (Å²) in [6.07, 6.45) is 7.07. The minimum atomic E-state index is 0.160. The van der Waals surface area contributed by atoms with Gasteiger partial charge in [-0.05, 0) is 61.6 Å². The Hall–Kier alpha value is -1.55. The van der Waals surface area contributed by atoms with E-state index in [1.165, 1.54) is 45.2 Å². The topological polar surface area (TPSA) is 41.6 Å². The average molecular weight is 342 g/mol. The summed E-state index contributed by atoms with van der Waals surface area (Å²) in [6, 6.07) is 7.28. The average Bonchev–Trinajstić information content (AvgIpc) is 3.41. The molecule has 0 unspecified atom stereocenters. The fourth-order valence-electron chi connectivity index (χ4n) is 4.84. The van der Waals surface area contributed by atoms with Crippen molar-refractivity contribution in [1.29, 1.82) is 0 Å². The Bertz CT molecular complexity index is 627. The molecule has 2 aliphatic carbocycles. The van der Waals surface area contributed by atoms with Gasteiger partial charge in [-0.25, -0.2) is 0 Å². The van der Waals surface area contributed by atoms with Crippen molar-refractivity contribution in [2.24, 2.45) is 11.8 Å². The zero-order valence-electron chi connectivity index (χ0n) is 15.5. The molecule has 4 rings (SSSR count). The highest BCUT2D eigenvalue weighted by Gasteiger charge is 2.43. The van der Waals surface area contributed by atoms with Crippen molar-refractivity contribution in [2.45, 2.75) is 57.5 Å². The minimum Gasteiger partial charge on any atom is -0.496 e. The molecule has 3 aliphatic rings. The molecular weight excluding hydrogens is 312 g/mol. The largest absolute Gasteiger partial charge is 0.496 e. The molecule has 1 aromatic rings. The number of ether oxygens (including phenoxy) is 1. The van der Waals surface area contributed by atoms with E-state index in [0.717, 1.165) is 22.9 Å². The Morgan fingerprint density at radius 1 is 1.20 bits per heavy atom. The molecule has 136 valence electrons. The number of benzene rings is 1. The molecule has 25 heavy (non-hydrogen) atoms. The number of fused-ring (bicyclic) bond motifs is 2. The number of aryl methyl sites for hydroxylation is 1. The molecule has 2 saturated carbocycles. The second kappa shape index (κ2) is 6.99. The molecular formula is C21H30N2O2. The van der Waals surface area contributed by atoms with E-state index in [2.05, 4.69) is 10.2 Å². The number of nitrogens with one attached hydrogen (secondary N) is 1. The Kier molecular flexibility index (Phi) is 4.72. The van der Waals surface area contributed by atoms with E-state index >= 15 is 0 Å². The molecule has 2 bridgehead atoms. The van der Waals surface area contributed by atoms with Gasteiger partial charge in [-0.1, -0.05) is 18.6 Å². The zero-order chi connectivity index (χ0) is 17.4. The normalized spacial score (nSPS) is 29.3. The third-order valence-electron chi connectivity index (χ3n) is 6.33. The minimum absolute atomic E-state index is 0.160. The van der Waals surface area contributed by atoms with E-state index in [1.807, 2.05) is 25.1 Å². The lowest BCUT2D eigenvalue weighted by Crippen LogP contribution is -2.58. The Balaban J connectivity index is 1.38. The highest BCUT2D eigenvalue weighted by atomic mass is 16.5. The second-order valence-corrected chi connectivity index (χ2v) is 8.21. The first kappa shape index (κ1) is 16.9. The summed E-state index contributed by atoms with van der Waals surface area (Å²) in [6.45, 7) is 4.40. The van der Waals surface area contributed by atoms with Gasteiger partial charge in [-0.2, -0.15) is 0 Å². The molecule has 1 N–H and O–H groups in total. The van der Waals surface area contributed by atoms with Crippen molar-refractivity contribution in [3.05, 3.63) is 29.3 Å². The van der Waals surface area contributed by atoms with Gasteiger partial charge in [0.05, 0.1) is 13.5 Å². The van der Waals surface area contributed by atoms with Gasteiger partial charge in [-0.3, -0.25) is 9.69 Å². The lowest BCUT2D eigenvalue weighted by atomic mass is 9.73. The van der Waals surface area contributed by atoms with Gasteiger partial charge in [0.1, 0.15) is 5.75 Å². The van der Waals surface area contributed by atoms with Crippen LogP contribution in [0.3, 0.4) is 0 Å². The lowest BCUT2D eigenvalue weighted by molar-refractivity contribution is -0.123. The summed E-state index contributed by atoms with van der Waals surface area (Å²) in [7, 11) is 1.68. The van der Waals surface area contributed by atoms with Gasteiger partial charge >= 0.3 is 0 Å². The van der Waals surface area contributed by atoms with Crippen LogP contribution in [-0.4, -0.2) is 43.1 Å². The third kappa shape index (κ3) is 3.69. The number of nitrogens with zero attached hydrogens (tertiary/aromatic N) is 1. The number of likely N-dealkylation sites (tertiary alicyclic amines) is 1. The molecule has 1 aliphatic heterocycles. The van der Waals surface area contributed by atoms with Gasteiger partial charge in [0.2, 0.25) is 5.91 Å². The maximum atomic E-state index is 12.7. The van der Waals surface area contributed by atoms with Crippen molar-refractivity contribution >= 4 is 5.91 Å². The quantitative estimate of drug-likeness (QED) is 0.894. The molecule has 4 heteroatoms. The van der Waals surface area contributed by atoms with Crippen molar-refractivity contribution < 1.29 is 9.53 Å². The standard InChI is InChI=1S/C21H30N2O2/c1-14-6-7-15(10-19(14)25-2)11-20(24)22-21-16-4-3-5-17(21)13-23(12-16)18-8-9-18/h6-7,10,16-18,21H,3-5,8-9,11-13H2,1-2H3,(H,22,24)/t16-,17-/m0/s1. The Labute approximate surface area is 150 Å². The number of hydrogen-bond donors (Lipinski definition) is 1. The molecule has 1 heterocycles. The van der Waals surface area contributed by atoms with Gasteiger partial charge in [-0.15, -0.1) is 0 Å². The van der Waals surface area contributed by atoms with Gasteiger partial charge in [0.15, 0.2) is 0 Å². The van der Waals surface area contributed by atoms with Crippen molar-refractivity contribution in [3.8, 4) is 5.75 Å². The number of piperidine rings is 1. The number of amides is 1. The summed E-state index contributed by atoms with van der Waals surface area (Å²) in [5.74, 6) is 2.31. The third-order valence-corrected chi connectivity index (χ3v) is 6.33. The van der Waals surface area contributed by atoms with E-state index in [9.17, 15) is 4.79 Å². The van der Waals surface area contributed by atoms with Crippen molar-refractivity contribution in [3.63, 3.8) is 0 Å². The van der Waals surface area contributed by atoms with E-state index < -0.39 is 0 Å². The van der Waals surface area contributed by atoms with Crippen LogP contribution in [0.25, 0.3) is 0 Å². The first-order chi connectivity index (χ1) is 12.1. The van der Waals surface area contributed by atoms with E-state index in [4.69, 9.17) is 4.74 Å². The molecule has 0 aromatic heterocycles. The van der Waals surface area contributed by atoms with Crippen LogP contribution in [0.4, 0.5) is 0 Å². The van der Waals surface area contributed by atoms with Crippen LogP contribution in [0.5, 0.6) is 5.75 Å². The van der Waals surface area contributed by atoms with Crippen LogP contribution in [0, 0.1) is 18.8 Å². The van der Waals surface area contributed by atoms with Crippen LogP contribution in [0.15, 0.2) is 18.2 Å². The van der Waals surface area contributed by atoms with Crippen LogP contribution in [-0.2, 0) is 11.2 Å². The highest BCUT2D eigenvalue weighted by molar-refractivity contribution is 5.79. The molecule has 1 aromatic carbocycles. The Morgan fingerprint density at radius 3 is 2.56 bits per heavy atom. The number of hydrogen-bond acceptors (Lipinski definition) is 3. The van der Waals surface area contributed by atoms with Crippen LogP contribution in [0.1, 0.15) is 43.2 Å². The predicted octanol–water partition coefficient (Wildman–Crippen LogP) is 2.93. The van der Waals surface area contributed by atoms with Crippen molar-refractivity contribution in [2.75, 3.05) is 20.2 Å². The summed E-state index contributed by atoms with van der Waals surface area (Å²) in [5.41, 5.74) is 2.13. The number of carbonyl (C=O) groups excluding carboxylic acids is 1. The van der Waals surface area contributed by atoms with Gasteiger partial charge in [0.25, 0.3) is 0 Å². The molecule has 0 radical (unpaired) electrons. The molecule has 1 amide bonds. The molecule has 4 nitrogen and oxygen atoms in total. The van der Waals surface area contributed by atoms with Gasteiger partial charge in [0, 0.05) is 25.2 Å². The van der Waals surface area contributed by atoms with Gasteiger partial charge < -0.3 is 10.1 Å². The molecule has 1 saturated heterocycles. The summed E-state index contributed by atoms with van der Waals surface area (Å²) in [5, 5.41) is 3.39. The number of carbonyl (C=O) groups is 1. The SMILES string of the molecule is COc1cc(CC(=O)NC2[C@H]3CCC[C@H]2CN(C2CC2)C3)ccc1C. The fourth-order valence-corrected chi connectivity index (χ4v) is 4.84. The maximum absolute atomic E-state index is 12.7. The van der Waals surface area contributed by atoms with E-state index in [-0.39, 0.29) is 5.91 Å².